The van der Waals surface area contributed by atoms with Crippen molar-refractivity contribution in [2.75, 3.05) is 0 Å². The molecule has 0 aromatic carbocycles. The number of alkyl halides is 5. The Balaban J connectivity index is 3.10. The van der Waals surface area contributed by atoms with Crippen LogP contribution in [0.1, 0.15) is 10.4 Å². The van der Waals surface area contributed by atoms with Gasteiger partial charge in [0.15, 0.2) is 0 Å². The smallest absolute Gasteiger partial charge is 0.425 e. The SMILES string of the molecule is O=C(O)C(F)(F)c1csc(C(F)(F)F)c1. The van der Waals surface area contributed by atoms with Gasteiger partial charge in [-0.1, -0.05) is 0 Å². The Hall–Kier alpha value is -1.18. The number of aliphatic carboxylic acids is 1. The van der Waals surface area contributed by atoms with Crippen molar-refractivity contribution in [1.82, 2.24) is 0 Å². The van der Waals surface area contributed by atoms with E-state index in [1.165, 1.54) is 0 Å². The first-order valence-corrected chi connectivity index (χ1v) is 4.31. The topological polar surface area (TPSA) is 37.3 Å². The lowest BCUT2D eigenvalue weighted by atomic mass is 10.2. The van der Waals surface area contributed by atoms with E-state index in [1.807, 2.05) is 0 Å². The van der Waals surface area contributed by atoms with Crippen LogP contribution in [0.4, 0.5) is 22.0 Å². The molecule has 1 rings (SSSR count). The highest BCUT2D eigenvalue weighted by Gasteiger charge is 2.44. The van der Waals surface area contributed by atoms with Gasteiger partial charge in [0.25, 0.3) is 0 Å². The molecule has 0 spiro atoms. The highest BCUT2D eigenvalue weighted by Crippen LogP contribution is 2.38. The molecule has 0 unspecified atom stereocenters. The van der Waals surface area contributed by atoms with Crippen LogP contribution in [0.3, 0.4) is 0 Å². The summed E-state index contributed by atoms with van der Waals surface area (Å²) in [4.78, 5) is 8.80. The molecule has 0 saturated heterocycles. The fourth-order valence-electron chi connectivity index (χ4n) is 0.773. The maximum absolute atomic E-state index is 12.7. The standard InChI is InChI=1S/C7H3F5O2S/c8-6(9,5(13)14)3-1-4(15-2-3)7(10,11)12/h1-2H,(H,13,14). The number of carboxylic acid groups (broad SMARTS) is 1. The lowest BCUT2D eigenvalue weighted by Crippen LogP contribution is -2.24. The summed E-state index contributed by atoms with van der Waals surface area (Å²) in [6.07, 6.45) is -4.74. The number of halogens is 5. The first kappa shape index (κ1) is 11.9. The van der Waals surface area contributed by atoms with Crippen molar-refractivity contribution in [2.45, 2.75) is 12.1 Å². The van der Waals surface area contributed by atoms with E-state index in [0.29, 0.717) is 5.38 Å². The molecule has 15 heavy (non-hydrogen) atoms. The van der Waals surface area contributed by atoms with Gasteiger partial charge in [-0.15, -0.1) is 11.3 Å². The second-order valence-corrected chi connectivity index (χ2v) is 3.49. The number of rotatable bonds is 2. The van der Waals surface area contributed by atoms with Gasteiger partial charge in [0.05, 0.1) is 0 Å². The Kier molecular flexibility index (Phi) is 2.73. The molecular formula is C7H3F5O2S. The van der Waals surface area contributed by atoms with Gasteiger partial charge in [0.1, 0.15) is 4.88 Å². The zero-order chi connectivity index (χ0) is 11.9. The van der Waals surface area contributed by atoms with E-state index in [4.69, 9.17) is 5.11 Å². The second-order valence-electron chi connectivity index (χ2n) is 2.58. The first-order valence-electron chi connectivity index (χ1n) is 3.43. The highest BCUT2D eigenvalue weighted by atomic mass is 32.1. The van der Waals surface area contributed by atoms with Crippen LogP contribution in [-0.4, -0.2) is 11.1 Å². The molecule has 2 nitrogen and oxygen atoms in total. The molecule has 0 aliphatic rings. The molecule has 0 fully saturated rings. The van der Waals surface area contributed by atoms with Crippen LogP contribution in [0.5, 0.6) is 0 Å². The van der Waals surface area contributed by atoms with Crippen LogP contribution >= 0.6 is 11.3 Å². The third-order valence-corrected chi connectivity index (χ3v) is 2.49. The molecule has 0 amide bonds. The molecule has 0 aliphatic carbocycles. The summed E-state index contributed by atoms with van der Waals surface area (Å²) in [5.41, 5.74) is -1.16. The number of hydrogen-bond donors (Lipinski definition) is 1. The molecule has 1 aromatic heterocycles. The summed E-state index contributed by atoms with van der Waals surface area (Å²) in [6.45, 7) is 0. The molecule has 0 bridgehead atoms. The van der Waals surface area contributed by atoms with Gasteiger partial charge in [-0.05, 0) is 6.07 Å². The van der Waals surface area contributed by atoms with Gasteiger partial charge in [-0.25, -0.2) is 4.79 Å². The van der Waals surface area contributed by atoms with E-state index in [9.17, 15) is 26.7 Å². The van der Waals surface area contributed by atoms with Crippen LogP contribution in [-0.2, 0) is 16.9 Å². The third kappa shape index (κ3) is 2.25. The minimum atomic E-state index is -4.74. The van der Waals surface area contributed by atoms with Crippen LogP contribution in [0.2, 0.25) is 0 Å². The Morgan fingerprint density at radius 1 is 1.27 bits per heavy atom. The molecule has 84 valence electrons. The van der Waals surface area contributed by atoms with E-state index in [1.54, 1.807) is 0 Å². The lowest BCUT2D eigenvalue weighted by molar-refractivity contribution is -0.166. The monoisotopic (exact) mass is 246 g/mol. The van der Waals surface area contributed by atoms with Crippen molar-refractivity contribution in [2.24, 2.45) is 0 Å². The van der Waals surface area contributed by atoms with Crippen molar-refractivity contribution in [3.63, 3.8) is 0 Å². The summed E-state index contributed by atoms with van der Waals surface area (Å²) in [7, 11) is 0. The number of carboxylic acids is 1. The van der Waals surface area contributed by atoms with E-state index < -0.39 is 28.5 Å². The van der Waals surface area contributed by atoms with Crippen LogP contribution in [0, 0.1) is 0 Å². The van der Waals surface area contributed by atoms with Gasteiger partial charge < -0.3 is 5.11 Å². The minimum absolute atomic E-state index is 0.0324. The fourth-order valence-corrected chi connectivity index (χ4v) is 1.57. The quantitative estimate of drug-likeness (QED) is 0.814. The molecule has 1 N–H and O–H groups in total. The Bertz CT molecular complexity index is 381. The average molecular weight is 246 g/mol. The van der Waals surface area contributed by atoms with E-state index >= 15 is 0 Å². The summed E-state index contributed by atoms with van der Waals surface area (Å²) < 4.78 is 61.5. The minimum Gasteiger partial charge on any atom is -0.477 e. The predicted octanol–water partition coefficient (Wildman–Crippen LogP) is 2.94. The maximum Gasteiger partial charge on any atom is 0.425 e. The molecule has 0 radical (unpaired) electrons. The zero-order valence-electron chi connectivity index (χ0n) is 6.81. The normalized spacial score (nSPS) is 12.9. The van der Waals surface area contributed by atoms with E-state index in [0.717, 1.165) is 0 Å². The molecular weight excluding hydrogens is 243 g/mol. The summed E-state index contributed by atoms with van der Waals surface area (Å²) >= 11 is 0.0324. The lowest BCUT2D eigenvalue weighted by Gasteiger charge is -2.08. The van der Waals surface area contributed by atoms with Gasteiger partial charge in [-0.3, -0.25) is 0 Å². The summed E-state index contributed by atoms with van der Waals surface area (Å²) in [5, 5.41) is 8.56. The second kappa shape index (κ2) is 3.44. The molecule has 0 atom stereocenters. The Labute approximate surface area is 84.0 Å². The van der Waals surface area contributed by atoms with Crippen LogP contribution < -0.4 is 0 Å². The van der Waals surface area contributed by atoms with Crippen molar-refractivity contribution in [1.29, 1.82) is 0 Å². The number of thiophene rings is 1. The molecule has 0 aliphatic heterocycles. The summed E-state index contributed by atoms with van der Waals surface area (Å²) in [5.74, 6) is -6.77. The van der Waals surface area contributed by atoms with Crippen LogP contribution in [0.25, 0.3) is 0 Å². The fraction of sp³-hybridized carbons (Fsp3) is 0.286. The largest absolute Gasteiger partial charge is 0.477 e. The zero-order valence-corrected chi connectivity index (χ0v) is 7.62. The molecule has 1 heterocycles. The van der Waals surface area contributed by atoms with Gasteiger partial charge in [0.2, 0.25) is 0 Å². The van der Waals surface area contributed by atoms with Crippen molar-refractivity contribution >= 4 is 17.3 Å². The average Bonchev–Trinajstić information content (AvgIpc) is 2.50. The van der Waals surface area contributed by atoms with Crippen LogP contribution in [0.15, 0.2) is 11.4 Å². The predicted molar refractivity (Wildman–Crippen MR) is 40.9 cm³/mol. The van der Waals surface area contributed by atoms with Crippen molar-refractivity contribution in [3.8, 4) is 0 Å². The van der Waals surface area contributed by atoms with E-state index in [2.05, 4.69) is 0 Å². The van der Waals surface area contributed by atoms with Gasteiger partial charge >= 0.3 is 18.1 Å². The van der Waals surface area contributed by atoms with E-state index in [-0.39, 0.29) is 17.4 Å². The molecule has 1 aromatic rings. The molecule has 8 heteroatoms. The van der Waals surface area contributed by atoms with Gasteiger partial charge in [0, 0.05) is 10.9 Å². The van der Waals surface area contributed by atoms with Crippen molar-refractivity contribution in [3.05, 3.63) is 21.9 Å². The maximum atomic E-state index is 12.7. The Morgan fingerprint density at radius 3 is 2.13 bits per heavy atom. The number of carbonyl (C=O) groups is 1. The van der Waals surface area contributed by atoms with Crippen molar-refractivity contribution < 1.29 is 31.9 Å². The third-order valence-electron chi connectivity index (χ3n) is 1.51. The molecule has 0 saturated carbocycles. The highest BCUT2D eigenvalue weighted by molar-refractivity contribution is 7.10. The Morgan fingerprint density at radius 2 is 1.80 bits per heavy atom. The van der Waals surface area contributed by atoms with Gasteiger partial charge in [-0.2, -0.15) is 22.0 Å². The summed E-state index contributed by atoms with van der Waals surface area (Å²) in [6, 6.07) is 0.138. The first-order chi connectivity index (χ1) is 6.65. The number of hydrogen-bond acceptors (Lipinski definition) is 2.